The summed E-state index contributed by atoms with van der Waals surface area (Å²) in [6.45, 7) is 0.328. The molecule has 134 valence electrons. The second kappa shape index (κ2) is 6.79. The van der Waals surface area contributed by atoms with E-state index in [2.05, 4.69) is 0 Å². The molecule has 0 aliphatic heterocycles. The van der Waals surface area contributed by atoms with Crippen LogP contribution in [0.15, 0.2) is 41.0 Å². The standard InChI is InChI=1S/C17H19NO6S/c1-22-14-8-5-12(10-16(14)24-25(2,20)21)11-18(13-6-7-13)17(19)15-4-3-9-23-15/h3-5,8-10,13H,6-7,11H2,1-2H3. The maximum Gasteiger partial charge on any atom is 0.306 e. The lowest BCUT2D eigenvalue weighted by molar-refractivity contribution is 0.0697. The average molecular weight is 365 g/mol. The highest BCUT2D eigenvalue weighted by Crippen LogP contribution is 2.33. The number of carbonyl (C=O) groups is 1. The summed E-state index contributed by atoms with van der Waals surface area (Å²) in [5, 5.41) is 0. The molecule has 3 rings (SSSR count). The van der Waals surface area contributed by atoms with Crippen LogP contribution in [0.2, 0.25) is 0 Å². The van der Waals surface area contributed by atoms with Gasteiger partial charge in [0, 0.05) is 12.6 Å². The van der Waals surface area contributed by atoms with Crippen molar-refractivity contribution >= 4 is 16.0 Å². The topological polar surface area (TPSA) is 86.0 Å². The molecule has 0 N–H and O–H groups in total. The first kappa shape index (κ1) is 17.3. The summed E-state index contributed by atoms with van der Waals surface area (Å²) >= 11 is 0. The van der Waals surface area contributed by atoms with Crippen LogP contribution in [0, 0.1) is 0 Å². The zero-order chi connectivity index (χ0) is 18.0. The van der Waals surface area contributed by atoms with Crippen LogP contribution in [0.25, 0.3) is 0 Å². The third kappa shape index (κ3) is 4.33. The van der Waals surface area contributed by atoms with Crippen LogP contribution in [0.3, 0.4) is 0 Å². The van der Waals surface area contributed by atoms with E-state index in [4.69, 9.17) is 13.3 Å². The maximum atomic E-state index is 12.6. The first-order valence-corrected chi connectivity index (χ1v) is 9.60. The molecule has 1 saturated carbocycles. The van der Waals surface area contributed by atoms with E-state index in [0.29, 0.717) is 12.3 Å². The molecule has 0 bridgehead atoms. The van der Waals surface area contributed by atoms with Gasteiger partial charge in [0.2, 0.25) is 0 Å². The Morgan fingerprint density at radius 2 is 2.04 bits per heavy atom. The van der Waals surface area contributed by atoms with Crippen molar-refractivity contribution in [1.29, 1.82) is 0 Å². The van der Waals surface area contributed by atoms with Gasteiger partial charge >= 0.3 is 10.1 Å². The van der Waals surface area contributed by atoms with Crippen molar-refractivity contribution in [2.75, 3.05) is 13.4 Å². The molecule has 7 nitrogen and oxygen atoms in total. The normalized spacial score (nSPS) is 14.2. The fourth-order valence-corrected chi connectivity index (χ4v) is 3.00. The minimum atomic E-state index is -3.69. The minimum absolute atomic E-state index is 0.101. The van der Waals surface area contributed by atoms with Gasteiger partial charge in [0.1, 0.15) is 0 Å². The highest BCUT2D eigenvalue weighted by Gasteiger charge is 2.34. The van der Waals surface area contributed by atoms with Crippen molar-refractivity contribution in [3.05, 3.63) is 47.9 Å². The van der Waals surface area contributed by atoms with Crippen molar-refractivity contribution in [1.82, 2.24) is 4.90 Å². The van der Waals surface area contributed by atoms with Crippen molar-refractivity contribution < 1.29 is 26.5 Å². The van der Waals surface area contributed by atoms with E-state index in [0.717, 1.165) is 24.7 Å². The molecule has 0 radical (unpaired) electrons. The van der Waals surface area contributed by atoms with Crippen LogP contribution in [-0.2, 0) is 16.7 Å². The molecule has 2 aromatic rings. The van der Waals surface area contributed by atoms with Crippen LogP contribution in [0.4, 0.5) is 0 Å². The summed E-state index contributed by atoms with van der Waals surface area (Å²) in [6, 6.07) is 8.44. The largest absolute Gasteiger partial charge is 0.493 e. The van der Waals surface area contributed by atoms with E-state index < -0.39 is 10.1 Å². The predicted molar refractivity (Wildman–Crippen MR) is 90.1 cm³/mol. The fourth-order valence-electron chi connectivity index (χ4n) is 2.54. The summed E-state index contributed by atoms with van der Waals surface area (Å²) in [6.07, 6.45) is 4.31. The molecule has 0 atom stereocenters. The summed E-state index contributed by atoms with van der Waals surface area (Å²) in [4.78, 5) is 14.3. The number of methoxy groups -OCH3 is 1. The molecule has 0 spiro atoms. The van der Waals surface area contributed by atoms with Crippen LogP contribution in [0.5, 0.6) is 11.5 Å². The van der Waals surface area contributed by atoms with Gasteiger partial charge in [-0.05, 0) is 42.7 Å². The summed E-state index contributed by atoms with van der Waals surface area (Å²) in [5.74, 6) is 0.509. The number of amides is 1. The molecular weight excluding hydrogens is 346 g/mol. The van der Waals surface area contributed by atoms with E-state index in [9.17, 15) is 13.2 Å². The Balaban J connectivity index is 1.85. The molecule has 1 aliphatic rings. The zero-order valence-corrected chi connectivity index (χ0v) is 14.8. The molecule has 0 unspecified atom stereocenters. The van der Waals surface area contributed by atoms with Gasteiger partial charge in [0.25, 0.3) is 5.91 Å². The smallest absolute Gasteiger partial charge is 0.306 e. The van der Waals surface area contributed by atoms with Gasteiger partial charge in [-0.3, -0.25) is 4.79 Å². The van der Waals surface area contributed by atoms with Gasteiger partial charge in [-0.2, -0.15) is 8.42 Å². The van der Waals surface area contributed by atoms with Crippen LogP contribution in [0.1, 0.15) is 29.0 Å². The van der Waals surface area contributed by atoms with Gasteiger partial charge < -0.3 is 18.2 Å². The van der Waals surface area contributed by atoms with Crippen molar-refractivity contribution in [2.45, 2.75) is 25.4 Å². The Labute approximate surface area is 146 Å². The lowest BCUT2D eigenvalue weighted by Crippen LogP contribution is -2.32. The molecule has 1 fully saturated rings. The maximum absolute atomic E-state index is 12.6. The van der Waals surface area contributed by atoms with Gasteiger partial charge in [-0.1, -0.05) is 6.07 Å². The molecule has 1 heterocycles. The fraction of sp³-hybridized carbons (Fsp3) is 0.353. The Hall–Kier alpha value is -2.48. The minimum Gasteiger partial charge on any atom is -0.493 e. The van der Waals surface area contributed by atoms with Gasteiger partial charge in [0.15, 0.2) is 17.3 Å². The average Bonchev–Trinajstić information content (AvgIpc) is 3.24. The SMILES string of the molecule is COc1ccc(CN(C(=O)c2ccco2)C2CC2)cc1OS(C)(=O)=O. The Bertz CT molecular complexity index is 855. The van der Waals surface area contributed by atoms with Crippen LogP contribution >= 0.6 is 0 Å². The summed E-state index contributed by atoms with van der Waals surface area (Å²) in [7, 11) is -2.25. The first-order chi connectivity index (χ1) is 11.9. The van der Waals surface area contributed by atoms with Crippen LogP contribution < -0.4 is 8.92 Å². The summed E-state index contributed by atoms with van der Waals surface area (Å²) < 4.78 is 38.2. The van der Waals surface area contributed by atoms with Gasteiger partial charge in [-0.25, -0.2) is 0 Å². The number of furan rings is 1. The first-order valence-electron chi connectivity index (χ1n) is 7.78. The van der Waals surface area contributed by atoms with Crippen molar-refractivity contribution in [3.63, 3.8) is 0 Å². The second-order valence-electron chi connectivity index (χ2n) is 5.91. The number of hydrogen-bond acceptors (Lipinski definition) is 6. The number of ether oxygens (including phenoxy) is 1. The Kier molecular flexibility index (Phi) is 4.71. The molecule has 25 heavy (non-hydrogen) atoms. The highest BCUT2D eigenvalue weighted by molar-refractivity contribution is 7.86. The lowest BCUT2D eigenvalue weighted by atomic mass is 10.1. The molecule has 1 amide bonds. The Morgan fingerprint density at radius 1 is 1.28 bits per heavy atom. The second-order valence-corrected chi connectivity index (χ2v) is 7.49. The van der Waals surface area contributed by atoms with E-state index in [1.54, 1.807) is 35.2 Å². The number of rotatable bonds is 7. The van der Waals surface area contributed by atoms with E-state index in [-0.39, 0.29) is 23.5 Å². The summed E-state index contributed by atoms with van der Waals surface area (Å²) in [5.41, 5.74) is 0.742. The molecule has 8 heteroatoms. The number of nitrogens with zero attached hydrogens (tertiary/aromatic N) is 1. The zero-order valence-electron chi connectivity index (χ0n) is 14.0. The Morgan fingerprint density at radius 3 is 2.60 bits per heavy atom. The number of carbonyl (C=O) groups excluding carboxylic acids is 1. The molecule has 1 aromatic heterocycles. The van der Waals surface area contributed by atoms with Crippen molar-refractivity contribution in [3.8, 4) is 11.5 Å². The molecular formula is C17H19NO6S. The van der Waals surface area contributed by atoms with E-state index >= 15 is 0 Å². The quantitative estimate of drug-likeness (QED) is 0.701. The third-order valence-electron chi connectivity index (χ3n) is 3.80. The van der Waals surface area contributed by atoms with E-state index in [1.807, 2.05) is 0 Å². The van der Waals surface area contributed by atoms with Crippen LogP contribution in [-0.4, -0.2) is 38.6 Å². The lowest BCUT2D eigenvalue weighted by Gasteiger charge is -2.22. The molecule has 1 aliphatic carbocycles. The van der Waals surface area contributed by atoms with E-state index in [1.165, 1.54) is 13.4 Å². The molecule has 0 saturated heterocycles. The highest BCUT2D eigenvalue weighted by atomic mass is 32.2. The number of hydrogen-bond donors (Lipinski definition) is 0. The number of benzene rings is 1. The van der Waals surface area contributed by atoms with Crippen molar-refractivity contribution in [2.24, 2.45) is 0 Å². The van der Waals surface area contributed by atoms with Gasteiger partial charge in [0.05, 0.1) is 19.6 Å². The van der Waals surface area contributed by atoms with Gasteiger partial charge in [-0.15, -0.1) is 0 Å². The third-order valence-corrected chi connectivity index (χ3v) is 4.28. The monoisotopic (exact) mass is 365 g/mol. The predicted octanol–water partition coefficient (Wildman–Crippen LogP) is 2.43. The molecule has 1 aromatic carbocycles.